The summed E-state index contributed by atoms with van der Waals surface area (Å²) >= 11 is 3.39. The van der Waals surface area contributed by atoms with E-state index in [0.717, 1.165) is 10.0 Å². The normalized spacial score (nSPS) is 9.81. The summed E-state index contributed by atoms with van der Waals surface area (Å²) in [6.07, 6.45) is 0. The molecule has 16 heavy (non-hydrogen) atoms. The van der Waals surface area contributed by atoms with E-state index in [2.05, 4.69) is 21.2 Å². The van der Waals surface area contributed by atoms with Crippen LogP contribution in [0.5, 0.6) is 0 Å². The van der Waals surface area contributed by atoms with Crippen LogP contribution in [-0.2, 0) is 11.3 Å². The molecule has 1 aromatic rings. The Morgan fingerprint density at radius 1 is 1.31 bits per heavy atom. The smallest absolute Gasteiger partial charge is 0.318 e. The third kappa shape index (κ3) is 4.41. The first-order valence-electron chi connectivity index (χ1n) is 4.63. The molecule has 0 aliphatic heterocycles. The average Bonchev–Trinajstić information content (AvgIpc) is 2.19. The van der Waals surface area contributed by atoms with Crippen molar-refractivity contribution in [2.24, 2.45) is 5.73 Å². The van der Waals surface area contributed by atoms with Crippen LogP contribution in [0, 0.1) is 0 Å². The number of carbonyl (C=O) groups excluding carboxylic acids is 2. The van der Waals surface area contributed by atoms with E-state index in [0.29, 0.717) is 6.54 Å². The fourth-order valence-corrected chi connectivity index (χ4v) is 1.56. The van der Waals surface area contributed by atoms with Crippen molar-refractivity contribution in [3.05, 3.63) is 34.3 Å². The molecule has 0 bridgehead atoms. The van der Waals surface area contributed by atoms with Crippen LogP contribution in [0.15, 0.2) is 28.7 Å². The summed E-state index contributed by atoms with van der Waals surface area (Å²) in [5, 5.41) is 4.87. The maximum Gasteiger partial charge on any atom is 0.318 e. The zero-order valence-corrected chi connectivity index (χ0v) is 10.1. The average molecular weight is 286 g/mol. The minimum absolute atomic E-state index is 0.0459. The Labute approximate surface area is 102 Å². The summed E-state index contributed by atoms with van der Waals surface area (Å²) in [5.74, 6) is -0.445. The third-order valence-electron chi connectivity index (χ3n) is 1.82. The Morgan fingerprint density at radius 3 is 2.62 bits per heavy atom. The number of imide groups is 1. The van der Waals surface area contributed by atoms with Gasteiger partial charge in [0.05, 0.1) is 6.54 Å². The highest BCUT2D eigenvalue weighted by Gasteiger charge is 2.03. The van der Waals surface area contributed by atoms with Gasteiger partial charge in [0.25, 0.3) is 0 Å². The molecule has 1 aromatic carbocycles. The molecule has 0 radical (unpaired) electrons. The maximum absolute atomic E-state index is 11.0. The van der Waals surface area contributed by atoms with Crippen molar-refractivity contribution in [2.45, 2.75) is 6.54 Å². The van der Waals surface area contributed by atoms with Gasteiger partial charge in [-0.2, -0.15) is 0 Å². The number of urea groups is 1. The van der Waals surface area contributed by atoms with E-state index in [4.69, 9.17) is 5.73 Å². The SMILES string of the molecule is NC(=O)NC(=O)CNCc1ccccc1Br. The van der Waals surface area contributed by atoms with Gasteiger partial charge in [0.2, 0.25) is 5.91 Å². The number of hydrogen-bond donors (Lipinski definition) is 3. The van der Waals surface area contributed by atoms with Crippen LogP contribution >= 0.6 is 15.9 Å². The molecule has 3 amide bonds. The first-order chi connectivity index (χ1) is 7.59. The molecule has 0 fully saturated rings. The van der Waals surface area contributed by atoms with Crippen LogP contribution < -0.4 is 16.4 Å². The number of halogens is 1. The van der Waals surface area contributed by atoms with Gasteiger partial charge in [-0.25, -0.2) is 4.79 Å². The highest BCUT2D eigenvalue weighted by Crippen LogP contribution is 2.14. The fourth-order valence-electron chi connectivity index (χ4n) is 1.13. The molecule has 6 heteroatoms. The molecule has 0 spiro atoms. The number of primary amides is 1. The lowest BCUT2D eigenvalue weighted by molar-refractivity contribution is -0.119. The summed E-state index contributed by atoms with van der Waals surface area (Å²) < 4.78 is 0.970. The van der Waals surface area contributed by atoms with Crippen molar-refractivity contribution >= 4 is 27.9 Å². The quantitative estimate of drug-likeness (QED) is 0.763. The van der Waals surface area contributed by atoms with Crippen LogP contribution in [0.4, 0.5) is 4.79 Å². The van der Waals surface area contributed by atoms with Crippen molar-refractivity contribution in [1.82, 2.24) is 10.6 Å². The Hall–Kier alpha value is -1.40. The molecule has 0 aromatic heterocycles. The predicted octanol–water partition coefficient (Wildman–Crippen LogP) is 0.734. The summed E-state index contributed by atoms with van der Waals surface area (Å²) in [7, 11) is 0. The number of carbonyl (C=O) groups is 2. The lowest BCUT2D eigenvalue weighted by Gasteiger charge is -2.06. The van der Waals surface area contributed by atoms with E-state index in [-0.39, 0.29) is 6.54 Å². The molecular weight excluding hydrogens is 274 g/mol. The number of hydrogen-bond acceptors (Lipinski definition) is 3. The second kappa shape index (κ2) is 6.24. The molecule has 0 unspecified atom stereocenters. The molecule has 5 nitrogen and oxygen atoms in total. The molecule has 4 N–H and O–H groups in total. The van der Waals surface area contributed by atoms with Crippen molar-refractivity contribution in [2.75, 3.05) is 6.54 Å². The molecular formula is C10H12BrN3O2. The van der Waals surface area contributed by atoms with Gasteiger partial charge in [0, 0.05) is 11.0 Å². The largest absolute Gasteiger partial charge is 0.351 e. The minimum atomic E-state index is -0.840. The number of benzene rings is 1. The molecule has 0 aliphatic carbocycles. The second-order valence-corrected chi connectivity index (χ2v) is 3.96. The third-order valence-corrected chi connectivity index (χ3v) is 2.60. The Kier molecular flexibility index (Phi) is 4.94. The van der Waals surface area contributed by atoms with Gasteiger partial charge in [0.1, 0.15) is 0 Å². The van der Waals surface area contributed by atoms with Gasteiger partial charge in [-0.3, -0.25) is 10.1 Å². The summed E-state index contributed by atoms with van der Waals surface area (Å²) in [4.78, 5) is 21.4. The number of nitrogens with two attached hydrogens (primary N) is 1. The molecule has 0 atom stereocenters. The van der Waals surface area contributed by atoms with Crippen LogP contribution in [0.2, 0.25) is 0 Å². The van der Waals surface area contributed by atoms with Crippen LogP contribution in [0.3, 0.4) is 0 Å². The molecule has 86 valence electrons. The maximum atomic E-state index is 11.0. The highest BCUT2D eigenvalue weighted by atomic mass is 79.9. The van der Waals surface area contributed by atoms with Gasteiger partial charge >= 0.3 is 6.03 Å². The van der Waals surface area contributed by atoms with Crippen LogP contribution in [0.1, 0.15) is 5.56 Å². The Bertz CT molecular complexity index is 395. The molecule has 0 aliphatic rings. The topological polar surface area (TPSA) is 84.2 Å². The van der Waals surface area contributed by atoms with Crippen LogP contribution in [0.25, 0.3) is 0 Å². The van der Waals surface area contributed by atoms with E-state index in [1.165, 1.54) is 0 Å². The zero-order valence-electron chi connectivity index (χ0n) is 8.50. The lowest BCUT2D eigenvalue weighted by atomic mass is 10.2. The van der Waals surface area contributed by atoms with Crippen molar-refractivity contribution < 1.29 is 9.59 Å². The van der Waals surface area contributed by atoms with E-state index < -0.39 is 11.9 Å². The predicted molar refractivity (Wildman–Crippen MR) is 63.6 cm³/mol. The van der Waals surface area contributed by atoms with Gasteiger partial charge < -0.3 is 11.1 Å². The molecule has 1 rings (SSSR count). The number of amides is 3. The standard InChI is InChI=1S/C10H12BrN3O2/c11-8-4-2-1-3-7(8)5-13-6-9(15)14-10(12)16/h1-4,13H,5-6H2,(H3,12,14,15,16). The summed E-state index contributed by atoms with van der Waals surface area (Å²) in [6, 6.07) is 6.83. The van der Waals surface area contributed by atoms with E-state index in [9.17, 15) is 9.59 Å². The van der Waals surface area contributed by atoms with Crippen molar-refractivity contribution in [1.29, 1.82) is 0 Å². The van der Waals surface area contributed by atoms with E-state index in [1.54, 1.807) is 0 Å². The minimum Gasteiger partial charge on any atom is -0.351 e. The first kappa shape index (κ1) is 12.7. The van der Waals surface area contributed by atoms with E-state index in [1.807, 2.05) is 29.6 Å². The molecule has 0 saturated carbocycles. The molecule has 0 heterocycles. The first-order valence-corrected chi connectivity index (χ1v) is 5.42. The van der Waals surface area contributed by atoms with Gasteiger partial charge in [0.15, 0.2) is 0 Å². The monoisotopic (exact) mass is 285 g/mol. The zero-order chi connectivity index (χ0) is 12.0. The number of rotatable bonds is 4. The summed E-state index contributed by atoms with van der Waals surface area (Å²) in [5.41, 5.74) is 5.83. The summed E-state index contributed by atoms with van der Waals surface area (Å²) in [6.45, 7) is 0.581. The van der Waals surface area contributed by atoms with Gasteiger partial charge in [-0.1, -0.05) is 34.1 Å². The van der Waals surface area contributed by atoms with Gasteiger partial charge in [-0.15, -0.1) is 0 Å². The lowest BCUT2D eigenvalue weighted by Crippen LogP contribution is -2.40. The Balaban J connectivity index is 2.33. The second-order valence-electron chi connectivity index (χ2n) is 3.11. The highest BCUT2D eigenvalue weighted by molar-refractivity contribution is 9.10. The van der Waals surface area contributed by atoms with Crippen LogP contribution in [-0.4, -0.2) is 18.5 Å². The van der Waals surface area contributed by atoms with Gasteiger partial charge in [-0.05, 0) is 11.6 Å². The number of nitrogens with one attached hydrogen (secondary N) is 2. The van der Waals surface area contributed by atoms with Crippen molar-refractivity contribution in [3.8, 4) is 0 Å². The fraction of sp³-hybridized carbons (Fsp3) is 0.200. The van der Waals surface area contributed by atoms with Crippen molar-refractivity contribution in [3.63, 3.8) is 0 Å². The Morgan fingerprint density at radius 2 is 2.00 bits per heavy atom. The van der Waals surface area contributed by atoms with E-state index >= 15 is 0 Å². The molecule has 0 saturated heterocycles.